The normalized spacial score (nSPS) is 24.8. The van der Waals surface area contributed by atoms with Crippen LogP contribution in [0.4, 0.5) is 0 Å². The summed E-state index contributed by atoms with van der Waals surface area (Å²) >= 11 is 2.13. The third kappa shape index (κ3) is 3.60. The van der Waals surface area contributed by atoms with E-state index in [1.807, 2.05) is 19.9 Å². The zero-order chi connectivity index (χ0) is 13.3. The van der Waals surface area contributed by atoms with Crippen LogP contribution in [0.1, 0.15) is 13.8 Å². The van der Waals surface area contributed by atoms with Crippen LogP contribution in [0.3, 0.4) is 0 Å². The maximum Gasteiger partial charge on any atom is 0.243 e. The second-order valence-electron chi connectivity index (χ2n) is 4.56. The van der Waals surface area contributed by atoms with Gasteiger partial charge in [-0.2, -0.15) is 4.31 Å². The molecule has 1 aliphatic rings. The zero-order valence-corrected chi connectivity index (χ0v) is 14.6. The molecule has 1 aliphatic heterocycles. The van der Waals surface area contributed by atoms with E-state index in [4.69, 9.17) is 0 Å². The lowest BCUT2D eigenvalue weighted by molar-refractivity contribution is 0.233. The van der Waals surface area contributed by atoms with Gasteiger partial charge in [-0.25, -0.2) is 8.42 Å². The van der Waals surface area contributed by atoms with Crippen LogP contribution in [0.5, 0.6) is 0 Å². The minimum absolute atomic E-state index is 0. The minimum Gasteiger partial charge on any atom is -0.311 e. The molecule has 0 amide bonds. The highest BCUT2D eigenvalue weighted by Gasteiger charge is 2.34. The first-order valence-electron chi connectivity index (χ1n) is 5.94. The summed E-state index contributed by atoms with van der Waals surface area (Å²) < 4.78 is 27.7. The fourth-order valence-electron chi connectivity index (χ4n) is 2.13. The highest BCUT2D eigenvalue weighted by molar-refractivity contribution is 14.1. The average Bonchev–Trinajstić information content (AvgIpc) is 2.32. The highest BCUT2D eigenvalue weighted by atomic mass is 127. The standard InChI is InChI=1S/C12H17IN2O2S.ClH/c1-9-10(2)15(7-6-14-9)18(16,17)12-5-3-4-11(13)8-12;/h3-5,8-10,14H,6-7H2,1-2H3;1H. The summed E-state index contributed by atoms with van der Waals surface area (Å²) in [6, 6.07) is 7.21. The molecular weight excluding hydrogens is 399 g/mol. The molecule has 1 N–H and O–H groups in total. The topological polar surface area (TPSA) is 49.4 Å². The van der Waals surface area contributed by atoms with Gasteiger partial charge in [0, 0.05) is 28.7 Å². The van der Waals surface area contributed by atoms with Gasteiger partial charge in [-0.05, 0) is 54.6 Å². The van der Waals surface area contributed by atoms with Crippen molar-refractivity contribution in [3.8, 4) is 0 Å². The van der Waals surface area contributed by atoms with Crippen molar-refractivity contribution in [1.29, 1.82) is 0 Å². The van der Waals surface area contributed by atoms with E-state index in [-0.39, 0.29) is 24.5 Å². The van der Waals surface area contributed by atoms with Crippen LogP contribution in [0, 0.1) is 3.57 Å². The molecular formula is C12H18ClIN2O2S. The van der Waals surface area contributed by atoms with Crippen molar-refractivity contribution < 1.29 is 8.42 Å². The van der Waals surface area contributed by atoms with E-state index in [1.54, 1.807) is 22.5 Å². The first-order valence-corrected chi connectivity index (χ1v) is 8.45. The van der Waals surface area contributed by atoms with E-state index < -0.39 is 10.0 Å². The molecule has 0 bridgehead atoms. The molecule has 2 rings (SSSR count). The molecule has 1 fully saturated rings. The van der Waals surface area contributed by atoms with Gasteiger partial charge < -0.3 is 5.32 Å². The van der Waals surface area contributed by atoms with Gasteiger partial charge >= 0.3 is 0 Å². The zero-order valence-electron chi connectivity index (χ0n) is 10.8. The second-order valence-corrected chi connectivity index (χ2v) is 7.69. The van der Waals surface area contributed by atoms with Crippen molar-refractivity contribution >= 4 is 45.0 Å². The van der Waals surface area contributed by atoms with Crippen LogP contribution in [-0.4, -0.2) is 37.9 Å². The Bertz CT molecular complexity index is 538. The lowest BCUT2D eigenvalue weighted by Crippen LogP contribution is -2.57. The summed E-state index contributed by atoms with van der Waals surface area (Å²) in [5.74, 6) is 0. The summed E-state index contributed by atoms with van der Waals surface area (Å²) in [5, 5.41) is 3.29. The number of sulfonamides is 1. The fraction of sp³-hybridized carbons (Fsp3) is 0.500. The van der Waals surface area contributed by atoms with Gasteiger partial charge in [0.05, 0.1) is 4.90 Å². The molecule has 0 aromatic heterocycles. The molecule has 7 heteroatoms. The lowest BCUT2D eigenvalue weighted by Gasteiger charge is -2.37. The average molecular weight is 417 g/mol. The van der Waals surface area contributed by atoms with Crippen molar-refractivity contribution in [2.24, 2.45) is 0 Å². The van der Waals surface area contributed by atoms with Crippen LogP contribution in [0.2, 0.25) is 0 Å². The summed E-state index contributed by atoms with van der Waals surface area (Å²) in [4.78, 5) is 0.385. The molecule has 1 aromatic rings. The van der Waals surface area contributed by atoms with Crippen molar-refractivity contribution in [1.82, 2.24) is 9.62 Å². The number of benzene rings is 1. The van der Waals surface area contributed by atoms with Gasteiger partial charge in [-0.3, -0.25) is 0 Å². The second kappa shape index (κ2) is 6.71. The van der Waals surface area contributed by atoms with Gasteiger partial charge in [0.1, 0.15) is 0 Å². The largest absolute Gasteiger partial charge is 0.311 e. The molecule has 0 aliphatic carbocycles. The number of hydrogen-bond donors (Lipinski definition) is 1. The Morgan fingerprint density at radius 2 is 2.05 bits per heavy atom. The minimum atomic E-state index is -3.38. The van der Waals surface area contributed by atoms with Crippen LogP contribution in [-0.2, 0) is 10.0 Å². The van der Waals surface area contributed by atoms with Gasteiger partial charge in [0.15, 0.2) is 0 Å². The maximum absolute atomic E-state index is 12.6. The molecule has 1 heterocycles. The summed E-state index contributed by atoms with van der Waals surface area (Å²) in [5.41, 5.74) is 0. The van der Waals surface area contributed by atoms with E-state index in [2.05, 4.69) is 27.9 Å². The van der Waals surface area contributed by atoms with Crippen LogP contribution in [0.15, 0.2) is 29.2 Å². The predicted molar refractivity (Wildman–Crippen MR) is 87.2 cm³/mol. The Labute approximate surface area is 134 Å². The summed E-state index contributed by atoms with van der Waals surface area (Å²) in [6.07, 6.45) is 0. The van der Waals surface area contributed by atoms with Gasteiger partial charge in [0.25, 0.3) is 0 Å². The van der Waals surface area contributed by atoms with Gasteiger partial charge in [-0.1, -0.05) is 6.07 Å². The monoisotopic (exact) mass is 416 g/mol. The van der Waals surface area contributed by atoms with Gasteiger partial charge in [0.2, 0.25) is 10.0 Å². The van der Waals surface area contributed by atoms with Crippen molar-refractivity contribution in [2.75, 3.05) is 13.1 Å². The SMILES string of the molecule is CC1NCCN(S(=O)(=O)c2cccc(I)c2)C1C.Cl. The lowest BCUT2D eigenvalue weighted by atomic mass is 10.1. The van der Waals surface area contributed by atoms with Crippen LogP contribution >= 0.6 is 35.0 Å². The van der Waals surface area contributed by atoms with E-state index in [0.29, 0.717) is 18.0 Å². The molecule has 108 valence electrons. The first-order chi connectivity index (χ1) is 8.43. The van der Waals surface area contributed by atoms with Crippen molar-refractivity contribution in [3.05, 3.63) is 27.8 Å². The molecule has 0 saturated carbocycles. The quantitative estimate of drug-likeness (QED) is 0.751. The highest BCUT2D eigenvalue weighted by Crippen LogP contribution is 2.22. The predicted octanol–water partition coefficient (Wildman–Crippen LogP) is 2.08. The van der Waals surface area contributed by atoms with E-state index in [9.17, 15) is 8.42 Å². The van der Waals surface area contributed by atoms with Crippen LogP contribution in [0.25, 0.3) is 0 Å². The molecule has 2 unspecified atom stereocenters. The molecule has 0 radical (unpaired) electrons. The Hall–Kier alpha value is 0.110. The van der Waals surface area contributed by atoms with E-state index in [0.717, 1.165) is 3.57 Å². The summed E-state index contributed by atoms with van der Waals surface area (Å²) in [6.45, 7) is 5.19. The van der Waals surface area contributed by atoms with E-state index >= 15 is 0 Å². The Morgan fingerprint density at radius 1 is 1.37 bits per heavy atom. The molecule has 1 aromatic carbocycles. The molecule has 1 saturated heterocycles. The number of rotatable bonds is 2. The number of piperazine rings is 1. The number of nitrogens with zero attached hydrogens (tertiary/aromatic N) is 1. The Kier molecular flexibility index (Phi) is 6.06. The Morgan fingerprint density at radius 3 is 2.68 bits per heavy atom. The van der Waals surface area contributed by atoms with Crippen molar-refractivity contribution in [2.45, 2.75) is 30.8 Å². The maximum atomic E-state index is 12.6. The summed E-state index contributed by atoms with van der Waals surface area (Å²) in [7, 11) is -3.38. The molecule has 0 spiro atoms. The fourth-order valence-corrected chi connectivity index (χ4v) is 4.63. The first kappa shape index (κ1) is 17.2. The number of halogens is 2. The smallest absolute Gasteiger partial charge is 0.243 e. The third-order valence-corrected chi connectivity index (χ3v) is 6.03. The van der Waals surface area contributed by atoms with Gasteiger partial charge in [-0.15, -0.1) is 12.4 Å². The Balaban J connectivity index is 0.00000180. The molecule has 19 heavy (non-hydrogen) atoms. The third-order valence-electron chi connectivity index (χ3n) is 3.38. The molecule has 2 atom stereocenters. The number of hydrogen-bond acceptors (Lipinski definition) is 3. The van der Waals surface area contributed by atoms with E-state index in [1.165, 1.54) is 0 Å². The van der Waals surface area contributed by atoms with Crippen molar-refractivity contribution in [3.63, 3.8) is 0 Å². The molecule has 4 nitrogen and oxygen atoms in total. The van der Waals surface area contributed by atoms with Crippen LogP contribution < -0.4 is 5.32 Å². The number of nitrogens with one attached hydrogen (secondary N) is 1.